The molecule has 3 N–H and O–H groups in total. The van der Waals surface area contributed by atoms with E-state index in [1.807, 2.05) is 0 Å². The number of nitrogens with two attached hydrogens (primary N) is 1. The standard InChI is InChI=1S/C14H24N2O4S/c1-4-16(11-14(2,3)17)21(18,19)10-9-20-13-7-5-12(15)6-8-13/h5-8,17H,4,9-11,15H2,1-3H3. The summed E-state index contributed by atoms with van der Waals surface area (Å²) in [4.78, 5) is 0. The zero-order valence-corrected chi connectivity index (χ0v) is 13.6. The third-order valence-corrected chi connectivity index (χ3v) is 4.66. The molecule has 21 heavy (non-hydrogen) atoms. The number of likely N-dealkylation sites (N-methyl/N-ethyl adjacent to an activating group) is 1. The molecule has 0 heterocycles. The van der Waals surface area contributed by atoms with Gasteiger partial charge in [-0.25, -0.2) is 8.42 Å². The van der Waals surface area contributed by atoms with E-state index in [0.29, 0.717) is 18.0 Å². The third-order valence-electron chi connectivity index (χ3n) is 2.80. The molecule has 0 atom stereocenters. The highest BCUT2D eigenvalue weighted by Gasteiger charge is 2.26. The molecular formula is C14H24N2O4S. The van der Waals surface area contributed by atoms with Crippen LogP contribution >= 0.6 is 0 Å². The van der Waals surface area contributed by atoms with Gasteiger partial charge in [0.2, 0.25) is 10.0 Å². The second-order valence-electron chi connectivity index (χ2n) is 5.47. The van der Waals surface area contributed by atoms with E-state index in [9.17, 15) is 13.5 Å². The molecule has 0 aliphatic carbocycles. The topological polar surface area (TPSA) is 92.9 Å². The van der Waals surface area contributed by atoms with Gasteiger partial charge in [0, 0.05) is 18.8 Å². The van der Waals surface area contributed by atoms with Gasteiger partial charge in [-0.3, -0.25) is 0 Å². The first kappa shape index (κ1) is 17.7. The van der Waals surface area contributed by atoms with Crippen molar-refractivity contribution >= 4 is 15.7 Å². The van der Waals surface area contributed by atoms with E-state index >= 15 is 0 Å². The molecular weight excluding hydrogens is 292 g/mol. The average Bonchev–Trinajstić information content (AvgIpc) is 2.37. The Hall–Kier alpha value is -1.31. The SMILES string of the molecule is CCN(CC(C)(C)O)S(=O)(=O)CCOc1ccc(N)cc1. The molecule has 0 aromatic heterocycles. The van der Waals surface area contributed by atoms with Gasteiger partial charge >= 0.3 is 0 Å². The summed E-state index contributed by atoms with van der Waals surface area (Å²) in [5.41, 5.74) is 5.11. The number of nitrogen functional groups attached to an aromatic ring is 1. The van der Waals surface area contributed by atoms with Gasteiger partial charge in [-0.1, -0.05) is 6.92 Å². The highest BCUT2D eigenvalue weighted by molar-refractivity contribution is 7.89. The van der Waals surface area contributed by atoms with Crippen LogP contribution in [0.5, 0.6) is 5.75 Å². The fourth-order valence-corrected chi connectivity index (χ4v) is 3.25. The lowest BCUT2D eigenvalue weighted by atomic mass is 10.1. The van der Waals surface area contributed by atoms with Gasteiger partial charge in [-0.2, -0.15) is 4.31 Å². The maximum atomic E-state index is 12.2. The lowest BCUT2D eigenvalue weighted by molar-refractivity contribution is 0.0600. The van der Waals surface area contributed by atoms with Crippen LogP contribution in [0.4, 0.5) is 5.69 Å². The quantitative estimate of drug-likeness (QED) is 0.700. The molecule has 7 heteroatoms. The fraction of sp³-hybridized carbons (Fsp3) is 0.571. The normalized spacial score (nSPS) is 12.6. The van der Waals surface area contributed by atoms with Crippen LogP contribution in [0.25, 0.3) is 0 Å². The second-order valence-corrected chi connectivity index (χ2v) is 7.56. The van der Waals surface area contributed by atoms with Crippen molar-refractivity contribution in [2.24, 2.45) is 0 Å². The Morgan fingerprint density at radius 3 is 2.33 bits per heavy atom. The summed E-state index contributed by atoms with van der Waals surface area (Å²) in [5, 5.41) is 9.76. The molecule has 0 aliphatic rings. The number of ether oxygens (including phenoxy) is 1. The van der Waals surface area contributed by atoms with Crippen LogP contribution in [0.2, 0.25) is 0 Å². The minimum absolute atomic E-state index is 0.0502. The van der Waals surface area contributed by atoms with Crippen LogP contribution in [0.1, 0.15) is 20.8 Å². The molecule has 0 radical (unpaired) electrons. The monoisotopic (exact) mass is 316 g/mol. The molecule has 0 saturated carbocycles. The first-order chi connectivity index (χ1) is 9.64. The average molecular weight is 316 g/mol. The van der Waals surface area contributed by atoms with Crippen molar-refractivity contribution in [2.75, 3.05) is 31.2 Å². The highest BCUT2D eigenvalue weighted by atomic mass is 32.2. The van der Waals surface area contributed by atoms with E-state index in [1.54, 1.807) is 45.0 Å². The van der Waals surface area contributed by atoms with Crippen molar-refractivity contribution in [1.29, 1.82) is 0 Å². The molecule has 0 saturated heterocycles. The van der Waals surface area contributed by atoms with Gasteiger partial charge in [-0.15, -0.1) is 0 Å². The number of anilines is 1. The largest absolute Gasteiger partial charge is 0.492 e. The predicted molar refractivity (Wildman–Crippen MR) is 83.7 cm³/mol. The number of nitrogens with zero attached hydrogens (tertiary/aromatic N) is 1. The Morgan fingerprint density at radius 1 is 1.29 bits per heavy atom. The van der Waals surface area contributed by atoms with E-state index in [0.717, 1.165) is 0 Å². The molecule has 0 spiro atoms. The molecule has 0 aliphatic heterocycles. The maximum Gasteiger partial charge on any atom is 0.217 e. The maximum absolute atomic E-state index is 12.2. The third kappa shape index (κ3) is 6.33. The number of hydrogen-bond donors (Lipinski definition) is 2. The molecule has 0 amide bonds. The van der Waals surface area contributed by atoms with Crippen LogP contribution in [0, 0.1) is 0 Å². The summed E-state index contributed by atoms with van der Waals surface area (Å²) in [7, 11) is -3.46. The first-order valence-corrected chi connectivity index (χ1v) is 8.43. The van der Waals surface area contributed by atoms with Crippen LogP contribution in [-0.4, -0.2) is 48.9 Å². The molecule has 0 unspecified atom stereocenters. The van der Waals surface area contributed by atoms with Crippen molar-refractivity contribution in [1.82, 2.24) is 4.31 Å². The van der Waals surface area contributed by atoms with Crippen molar-refractivity contribution in [3.05, 3.63) is 24.3 Å². The Balaban J connectivity index is 2.57. The molecule has 120 valence electrons. The van der Waals surface area contributed by atoms with Gasteiger partial charge in [-0.05, 0) is 38.1 Å². The van der Waals surface area contributed by atoms with Crippen LogP contribution in [0.15, 0.2) is 24.3 Å². The minimum Gasteiger partial charge on any atom is -0.492 e. The lowest BCUT2D eigenvalue weighted by Gasteiger charge is -2.27. The molecule has 6 nitrogen and oxygen atoms in total. The van der Waals surface area contributed by atoms with Crippen LogP contribution in [0.3, 0.4) is 0 Å². The summed E-state index contributed by atoms with van der Waals surface area (Å²) in [6.07, 6.45) is 0. The number of aliphatic hydroxyl groups is 1. The van der Waals surface area contributed by atoms with E-state index in [-0.39, 0.29) is 18.9 Å². The van der Waals surface area contributed by atoms with Crippen LogP contribution < -0.4 is 10.5 Å². The summed E-state index contributed by atoms with van der Waals surface area (Å²) in [6, 6.07) is 6.76. The van der Waals surface area contributed by atoms with Gasteiger partial charge < -0.3 is 15.6 Å². The first-order valence-electron chi connectivity index (χ1n) is 6.82. The van der Waals surface area contributed by atoms with E-state index in [4.69, 9.17) is 10.5 Å². The summed E-state index contributed by atoms with van der Waals surface area (Å²) >= 11 is 0. The Bertz CT molecular complexity index is 535. The zero-order valence-electron chi connectivity index (χ0n) is 12.7. The second kappa shape index (κ2) is 7.11. The molecule has 1 aromatic carbocycles. The van der Waals surface area contributed by atoms with Crippen molar-refractivity contribution < 1.29 is 18.3 Å². The number of rotatable bonds is 8. The van der Waals surface area contributed by atoms with Crippen molar-refractivity contribution in [3.63, 3.8) is 0 Å². The van der Waals surface area contributed by atoms with E-state index < -0.39 is 15.6 Å². The fourth-order valence-electron chi connectivity index (χ4n) is 1.80. The predicted octanol–water partition coefficient (Wildman–Crippen LogP) is 1.07. The van der Waals surface area contributed by atoms with E-state index in [1.165, 1.54) is 4.31 Å². The lowest BCUT2D eigenvalue weighted by Crippen LogP contribution is -2.43. The van der Waals surface area contributed by atoms with Gasteiger partial charge in [0.05, 0.1) is 11.4 Å². The number of sulfonamides is 1. The van der Waals surface area contributed by atoms with Gasteiger partial charge in [0.1, 0.15) is 12.4 Å². The molecule has 0 bridgehead atoms. The van der Waals surface area contributed by atoms with Crippen LogP contribution in [-0.2, 0) is 10.0 Å². The van der Waals surface area contributed by atoms with Gasteiger partial charge in [0.25, 0.3) is 0 Å². The Labute approximate surface area is 126 Å². The highest BCUT2D eigenvalue weighted by Crippen LogP contribution is 2.14. The number of benzene rings is 1. The van der Waals surface area contributed by atoms with Gasteiger partial charge in [0.15, 0.2) is 0 Å². The van der Waals surface area contributed by atoms with E-state index in [2.05, 4.69) is 0 Å². The smallest absolute Gasteiger partial charge is 0.217 e. The summed E-state index contributed by atoms with van der Waals surface area (Å²) < 4.78 is 31.1. The number of hydrogen-bond acceptors (Lipinski definition) is 5. The molecule has 1 aromatic rings. The Morgan fingerprint density at radius 2 is 1.86 bits per heavy atom. The van der Waals surface area contributed by atoms with Crippen molar-refractivity contribution in [2.45, 2.75) is 26.4 Å². The zero-order chi connectivity index (χ0) is 16.1. The van der Waals surface area contributed by atoms with Crippen molar-refractivity contribution in [3.8, 4) is 5.75 Å². The summed E-state index contributed by atoms with van der Waals surface area (Å²) in [6.45, 7) is 5.33. The molecule has 0 fully saturated rings. The molecule has 1 rings (SSSR count). The minimum atomic E-state index is -3.46. The summed E-state index contributed by atoms with van der Waals surface area (Å²) in [5.74, 6) is 0.436. The Kier molecular flexibility index (Phi) is 6.00.